The van der Waals surface area contributed by atoms with Crippen molar-refractivity contribution in [1.29, 1.82) is 10.5 Å². The standard InChI is InChI=1S/C14H10N2/c15-10-14(11-16)9-5-4-8-13(14)12-6-2-1-3-7-12/h1-8H,9H2. The Morgan fingerprint density at radius 3 is 2.38 bits per heavy atom. The third-order valence-corrected chi connectivity index (χ3v) is 2.75. The van der Waals surface area contributed by atoms with E-state index in [0.717, 1.165) is 11.1 Å². The molecule has 0 unspecified atom stereocenters. The van der Waals surface area contributed by atoms with Crippen LogP contribution >= 0.6 is 0 Å². The Kier molecular flexibility index (Phi) is 2.58. The minimum Gasteiger partial charge on any atom is -0.196 e. The van der Waals surface area contributed by atoms with Crippen molar-refractivity contribution in [3.63, 3.8) is 0 Å². The smallest absolute Gasteiger partial charge is 0.172 e. The van der Waals surface area contributed by atoms with Crippen molar-refractivity contribution in [1.82, 2.24) is 0 Å². The summed E-state index contributed by atoms with van der Waals surface area (Å²) in [5, 5.41) is 18.5. The molecule has 0 radical (unpaired) electrons. The molecule has 1 aliphatic rings. The molecule has 0 aromatic heterocycles. The van der Waals surface area contributed by atoms with Crippen LogP contribution in [-0.2, 0) is 0 Å². The molecular weight excluding hydrogens is 196 g/mol. The Balaban J connectivity index is 2.55. The maximum absolute atomic E-state index is 9.23. The van der Waals surface area contributed by atoms with Crippen LogP contribution in [0.5, 0.6) is 0 Å². The summed E-state index contributed by atoms with van der Waals surface area (Å²) >= 11 is 0. The zero-order valence-electron chi connectivity index (χ0n) is 8.72. The molecule has 76 valence electrons. The van der Waals surface area contributed by atoms with E-state index in [9.17, 15) is 10.5 Å². The summed E-state index contributed by atoms with van der Waals surface area (Å²) in [5.41, 5.74) is 0.700. The lowest BCUT2D eigenvalue weighted by molar-refractivity contribution is 0.691. The molecule has 0 spiro atoms. The van der Waals surface area contributed by atoms with Crippen LogP contribution in [0.4, 0.5) is 0 Å². The van der Waals surface area contributed by atoms with Crippen LogP contribution in [-0.4, -0.2) is 0 Å². The van der Waals surface area contributed by atoms with Gasteiger partial charge in [0, 0.05) is 6.42 Å². The minimum atomic E-state index is -1.03. The first-order valence-electron chi connectivity index (χ1n) is 5.08. The van der Waals surface area contributed by atoms with Gasteiger partial charge in [-0.25, -0.2) is 0 Å². The fourth-order valence-corrected chi connectivity index (χ4v) is 1.86. The molecule has 2 rings (SSSR count). The number of hydrogen-bond donors (Lipinski definition) is 0. The van der Waals surface area contributed by atoms with Gasteiger partial charge < -0.3 is 0 Å². The van der Waals surface area contributed by atoms with Crippen molar-refractivity contribution in [3.8, 4) is 12.1 Å². The van der Waals surface area contributed by atoms with E-state index in [1.807, 2.05) is 48.6 Å². The molecule has 0 atom stereocenters. The Hall–Kier alpha value is -2.32. The summed E-state index contributed by atoms with van der Waals surface area (Å²) in [4.78, 5) is 0. The van der Waals surface area contributed by atoms with E-state index < -0.39 is 5.41 Å². The van der Waals surface area contributed by atoms with E-state index >= 15 is 0 Å². The Morgan fingerprint density at radius 2 is 1.75 bits per heavy atom. The number of allylic oxidation sites excluding steroid dienone is 4. The topological polar surface area (TPSA) is 47.6 Å². The highest BCUT2D eigenvalue weighted by Crippen LogP contribution is 2.39. The zero-order valence-corrected chi connectivity index (χ0v) is 8.72. The Bertz CT molecular complexity index is 510. The lowest BCUT2D eigenvalue weighted by Crippen LogP contribution is -2.19. The molecule has 1 aromatic carbocycles. The SMILES string of the molecule is N#CC1(C#N)CC=CC=C1c1ccccc1. The predicted octanol–water partition coefficient (Wildman–Crippen LogP) is 3.06. The van der Waals surface area contributed by atoms with Crippen LogP contribution in [0.2, 0.25) is 0 Å². The number of rotatable bonds is 1. The number of nitriles is 2. The molecule has 16 heavy (non-hydrogen) atoms. The van der Waals surface area contributed by atoms with Crippen LogP contribution in [0.1, 0.15) is 12.0 Å². The molecule has 0 saturated carbocycles. The Labute approximate surface area is 94.8 Å². The molecule has 0 bridgehead atoms. The highest BCUT2D eigenvalue weighted by Gasteiger charge is 2.35. The molecule has 0 saturated heterocycles. The second kappa shape index (κ2) is 4.04. The molecule has 0 fully saturated rings. The van der Waals surface area contributed by atoms with Crippen molar-refractivity contribution in [2.24, 2.45) is 5.41 Å². The molecule has 2 nitrogen and oxygen atoms in total. The van der Waals surface area contributed by atoms with Gasteiger partial charge in [0.05, 0.1) is 12.1 Å². The van der Waals surface area contributed by atoms with Crippen molar-refractivity contribution < 1.29 is 0 Å². The zero-order chi connectivity index (χ0) is 11.4. The van der Waals surface area contributed by atoms with Gasteiger partial charge in [0.25, 0.3) is 0 Å². The van der Waals surface area contributed by atoms with E-state index in [4.69, 9.17) is 0 Å². The molecular formula is C14H10N2. The first-order valence-corrected chi connectivity index (χ1v) is 5.08. The number of benzene rings is 1. The van der Waals surface area contributed by atoms with Gasteiger partial charge in [0.1, 0.15) is 0 Å². The van der Waals surface area contributed by atoms with E-state index in [0.29, 0.717) is 6.42 Å². The van der Waals surface area contributed by atoms with Crippen molar-refractivity contribution >= 4 is 5.57 Å². The van der Waals surface area contributed by atoms with Crippen molar-refractivity contribution in [2.45, 2.75) is 6.42 Å². The van der Waals surface area contributed by atoms with E-state index in [2.05, 4.69) is 12.1 Å². The van der Waals surface area contributed by atoms with Gasteiger partial charge in [0.2, 0.25) is 0 Å². The fraction of sp³-hybridized carbons (Fsp3) is 0.143. The molecule has 0 aliphatic heterocycles. The van der Waals surface area contributed by atoms with Gasteiger partial charge in [-0.3, -0.25) is 0 Å². The van der Waals surface area contributed by atoms with Crippen LogP contribution < -0.4 is 0 Å². The van der Waals surface area contributed by atoms with Crippen LogP contribution in [0.3, 0.4) is 0 Å². The summed E-state index contributed by atoms with van der Waals surface area (Å²) in [6, 6.07) is 13.9. The van der Waals surface area contributed by atoms with Crippen molar-refractivity contribution in [3.05, 3.63) is 54.1 Å². The summed E-state index contributed by atoms with van der Waals surface area (Å²) in [6.07, 6.45) is 6.07. The molecule has 0 amide bonds. The van der Waals surface area contributed by atoms with Crippen molar-refractivity contribution in [2.75, 3.05) is 0 Å². The molecule has 1 aromatic rings. The highest BCUT2D eigenvalue weighted by molar-refractivity contribution is 5.78. The number of hydrogen-bond acceptors (Lipinski definition) is 2. The normalized spacial score (nSPS) is 17.0. The predicted molar refractivity (Wildman–Crippen MR) is 61.8 cm³/mol. The molecule has 0 heterocycles. The third kappa shape index (κ3) is 1.51. The summed E-state index contributed by atoms with van der Waals surface area (Å²) < 4.78 is 0. The van der Waals surface area contributed by atoms with E-state index in [1.165, 1.54) is 0 Å². The average Bonchev–Trinajstić information content (AvgIpc) is 2.39. The van der Waals surface area contributed by atoms with Gasteiger partial charge >= 0.3 is 0 Å². The second-order valence-corrected chi connectivity index (χ2v) is 3.71. The minimum absolute atomic E-state index is 0.459. The summed E-state index contributed by atoms with van der Waals surface area (Å²) in [6.45, 7) is 0. The third-order valence-electron chi connectivity index (χ3n) is 2.75. The molecule has 0 N–H and O–H groups in total. The monoisotopic (exact) mass is 206 g/mol. The van der Waals surface area contributed by atoms with E-state index in [1.54, 1.807) is 0 Å². The first-order chi connectivity index (χ1) is 7.82. The molecule has 1 aliphatic carbocycles. The van der Waals surface area contributed by atoms with Gasteiger partial charge in [-0.1, -0.05) is 48.6 Å². The average molecular weight is 206 g/mol. The first kappa shape index (κ1) is 10.2. The lowest BCUT2D eigenvalue weighted by Gasteiger charge is -2.23. The second-order valence-electron chi connectivity index (χ2n) is 3.71. The lowest BCUT2D eigenvalue weighted by atomic mass is 9.74. The fourth-order valence-electron chi connectivity index (χ4n) is 1.86. The quantitative estimate of drug-likeness (QED) is 0.708. The highest BCUT2D eigenvalue weighted by atomic mass is 14.4. The van der Waals surface area contributed by atoms with Crippen LogP contribution in [0.25, 0.3) is 5.57 Å². The van der Waals surface area contributed by atoms with Crippen LogP contribution in [0.15, 0.2) is 48.6 Å². The number of nitrogens with zero attached hydrogens (tertiary/aromatic N) is 2. The van der Waals surface area contributed by atoms with Gasteiger partial charge in [-0.05, 0) is 11.1 Å². The Morgan fingerprint density at radius 1 is 1.06 bits per heavy atom. The van der Waals surface area contributed by atoms with Gasteiger partial charge in [-0.2, -0.15) is 10.5 Å². The summed E-state index contributed by atoms with van der Waals surface area (Å²) in [5.74, 6) is 0. The van der Waals surface area contributed by atoms with Gasteiger partial charge in [-0.15, -0.1) is 0 Å². The van der Waals surface area contributed by atoms with E-state index in [-0.39, 0.29) is 0 Å². The van der Waals surface area contributed by atoms with Gasteiger partial charge in [0.15, 0.2) is 5.41 Å². The largest absolute Gasteiger partial charge is 0.196 e. The maximum atomic E-state index is 9.23. The van der Waals surface area contributed by atoms with Crippen LogP contribution in [0, 0.1) is 28.1 Å². The summed E-state index contributed by atoms with van der Waals surface area (Å²) in [7, 11) is 0. The maximum Gasteiger partial charge on any atom is 0.172 e. The molecule has 2 heteroatoms.